The molecule has 0 aliphatic rings. The fraction of sp³-hybridized carbons (Fsp3) is 0.250. The normalized spacial score (nSPS) is 10.4. The van der Waals surface area contributed by atoms with Crippen molar-refractivity contribution in [1.82, 2.24) is 25.3 Å². The first-order chi connectivity index (χ1) is 14.3. The SMILES string of the molecule is CC.COCc1cccc(-c2noc(CSc3nnc(-c4ccncc4)o3)n2)c1. The van der Waals surface area contributed by atoms with Crippen molar-refractivity contribution in [3.63, 3.8) is 0 Å². The van der Waals surface area contributed by atoms with E-state index < -0.39 is 0 Å². The third-order valence-electron chi connectivity index (χ3n) is 3.62. The third kappa shape index (κ3) is 5.49. The van der Waals surface area contributed by atoms with Crippen molar-refractivity contribution >= 4 is 11.8 Å². The summed E-state index contributed by atoms with van der Waals surface area (Å²) < 4.78 is 16.1. The van der Waals surface area contributed by atoms with Gasteiger partial charge in [0.15, 0.2) is 0 Å². The molecule has 0 unspecified atom stereocenters. The maximum absolute atomic E-state index is 5.63. The van der Waals surface area contributed by atoms with Crippen LogP contribution in [0.5, 0.6) is 0 Å². The average molecular weight is 411 g/mol. The highest BCUT2D eigenvalue weighted by Gasteiger charge is 2.13. The Bertz CT molecular complexity index is 1020. The topological polar surface area (TPSA) is 100.0 Å². The Morgan fingerprint density at radius 3 is 2.66 bits per heavy atom. The molecule has 0 bridgehead atoms. The molecular weight excluding hydrogens is 390 g/mol. The molecule has 4 rings (SSSR count). The molecule has 29 heavy (non-hydrogen) atoms. The van der Waals surface area contributed by atoms with Gasteiger partial charge in [0.2, 0.25) is 17.6 Å². The summed E-state index contributed by atoms with van der Waals surface area (Å²) in [5.74, 6) is 1.89. The maximum atomic E-state index is 5.63. The van der Waals surface area contributed by atoms with E-state index >= 15 is 0 Å². The summed E-state index contributed by atoms with van der Waals surface area (Å²) in [5, 5.41) is 12.5. The number of benzene rings is 1. The molecule has 0 saturated heterocycles. The van der Waals surface area contributed by atoms with Gasteiger partial charge in [-0.15, -0.1) is 10.2 Å². The number of thioether (sulfide) groups is 1. The third-order valence-corrected chi connectivity index (χ3v) is 4.42. The van der Waals surface area contributed by atoms with Gasteiger partial charge in [0.1, 0.15) is 0 Å². The lowest BCUT2D eigenvalue weighted by atomic mass is 10.1. The summed E-state index contributed by atoms with van der Waals surface area (Å²) in [6, 6.07) is 11.4. The Morgan fingerprint density at radius 1 is 1.03 bits per heavy atom. The fourth-order valence-electron chi connectivity index (χ4n) is 2.40. The number of pyridine rings is 1. The van der Waals surface area contributed by atoms with Gasteiger partial charge >= 0.3 is 0 Å². The number of methoxy groups -OCH3 is 1. The minimum atomic E-state index is 0.433. The van der Waals surface area contributed by atoms with E-state index in [0.717, 1.165) is 16.7 Å². The Labute approximate surface area is 172 Å². The zero-order valence-electron chi connectivity index (χ0n) is 16.4. The predicted molar refractivity (Wildman–Crippen MR) is 109 cm³/mol. The monoisotopic (exact) mass is 411 g/mol. The Balaban J connectivity index is 0.00000117. The molecule has 3 heterocycles. The van der Waals surface area contributed by atoms with E-state index in [1.807, 2.05) is 50.2 Å². The van der Waals surface area contributed by atoms with Crippen LogP contribution in [-0.4, -0.2) is 32.4 Å². The van der Waals surface area contributed by atoms with Crippen molar-refractivity contribution in [3.8, 4) is 22.8 Å². The van der Waals surface area contributed by atoms with Crippen molar-refractivity contribution in [2.24, 2.45) is 0 Å². The lowest BCUT2D eigenvalue weighted by molar-refractivity contribution is 0.185. The van der Waals surface area contributed by atoms with Crippen molar-refractivity contribution in [2.45, 2.75) is 31.4 Å². The lowest BCUT2D eigenvalue weighted by Crippen LogP contribution is -1.89. The molecule has 0 saturated carbocycles. The number of ether oxygens (including phenoxy) is 1. The number of hydrogen-bond donors (Lipinski definition) is 0. The Morgan fingerprint density at radius 2 is 1.86 bits per heavy atom. The van der Waals surface area contributed by atoms with Crippen LogP contribution < -0.4 is 0 Å². The Kier molecular flexibility index (Phi) is 7.48. The second-order valence-corrected chi connectivity index (χ2v) is 6.47. The first-order valence-electron chi connectivity index (χ1n) is 9.09. The van der Waals surface area contributed by atoms with Gasteiger partial charge in [-0.25, -0.2) is 0 Å². The highest BCUT2D eigenvalue weighted by Crippen LogP contribution is 2.26. The second-order valence-electron chi connectivity index (χ2n) is 5.54. The predicted octanol–water partition coefficient (Wildman–Crippen LogP) is 4.65. The van der Waals surface area contributed by atoms with Gasteiger partial charge in [-0.2, -0.15) is 4.98 Å². The quantitative estimate of drug-likeness (QED) is 0.402. The Hall–Kier alpha value is -3.04. The van der Waals surface area contributed by atoms with Crippen LogP contribution in [0.4, 0.5) is 0 Å². The minimum Gasteiger partial charge on any atom is -0.411 e. The second kappa shape index (κ2) is 10.5. The smallest absolute Gasteiger partial charge is 0.277 e. The molecule has 0 amide bonds. The van der Waals surface area contributed by atoms with Gasteiger partial charge in [0, 0.05) is 30.6 Å². The van der Waals surface area contributed by atoms with Crippen molar-refractivity contribution in [3.05, 3.63) is 60.2 Å². The van der Waals surface area contributed by atoms with Crippen LogP contribution in [0, 0.1) is 0 Å². The molecule has 0 N–H and O–H groups in total. The number of aromatic nitrogens is 5. The van der Waals surface area contributed by atoms with E-state index in [9.17, 15) is 0 Å². The molecule has 0 aliphatic carbocycles. The molecule has 0 atom stereocenters. The summed E-state index contributed by atoms with van der Waals surface area (Å²) in [7, 11) is 1.66. The number of hydrogen-bond acceptors (Lipinski definition) is 9. The average Bonchev–Trinajstić information content (AvgIpc) is 3.45. The zero-order chi connectivity index (χ0) is 20.5. The van der Waals surface area contributed by atoms with E-state index in [0.29, 0.717) is 35.2 Å². The summed E-state index contributed by atoms with van der Waals surface area (Å²) in [5.41, 5.74) is 2.74. The van der Waals surface area contributed by atoms with Crippen LogP contribution in [0.25, 0.3) is 22.8 Å². The van der Waals surface area contributed by atoms with Crippen LogP contribution in [0.2, 0.25) is 0 Å². The van der Waals surface area contributed by atoms with Gasteiger partial charge in [-0.3, -0.25) is 4.98 Å². The molecule has 0 fully saturated rings. The van der Waals surface area contributed by atoms with Crippen LogP contribution in [-0.2, 0) is 17.1 Å². The van der Waals surface area contributed by atoms with Crippen LogP contribution in [0.15, 0.2) is 63.0 Å². The summed E-state index contributed by atoms with van der Waals surface area (Å²) in [6.07, 6.45) is 3.35. The van der Waals surface area contributed by atoms with E-state index in [1.54, 1.807) is 19.5 Å². The standard InChI is InChI=1S/C18H15N5O3S.C2H6/c1-24-10-12-3-2-4-14(9-12)16-20-15(26-23-16)11-27-18-22-21-17(25-18)13-5-7-19-8-6-13;1-2/h2-9H,10-11H2,1H3;1-2H3. The highest BCUT2D eigenvalue weighted by molar-refractivity contribution is 7.98. The lowest BCUT2D eigenvalue weighted by Gasteiger charge is -2.00. The molecule has 3 aromatic heterocycles. The largest absolute Gasteiger partial charge is 0.411 e. The van der Waals surface area contributed by atoms with E-state index in [2.05, 4.69) is 25.3 Å². The molecule has 0 aliphatic heterocycles. The molecule has 0 spiro atoms. The van der Waals surface area contributed by atoms with Gasteiger partial charge in [-0.05, 0) is 23.8 Å². The molecule has 0 radical (unpaired) electrons. The fourth-order valence-corrected chi connectivity index (χ4v) is 3.00. The van der Waals surface area contributed by atoms with Gasteiger partial charge in [-0.1, -0.05) is 49.0 Å². The first-order valence-corrected chi connectivity index (χ1v) is 10.1. The zero-order valence-corrected chi connectivity index (χ0v) is 17.2. The molecular formula is C20H21N5O3S. The van der Waals surface area contributed by atoms with Crippen LogP contribution >= 0.6 is 11.8 Å². The van der Waals surface area contributed by atoms with Gasteiger partial charge in [0.25, 0.3) is 5.22 Å². The van der Waals surface area contributed by atoms with E-state index in [4.69, 9.17) is 13.7 Å². The number of nitrogens with zero attached hydrogens (tertiary/aromatic N) is 5. The summed E-state index contributed by atoms with van der Waals surface area (Å²) in [6.45, 7) is 4.53. The maximum Gasteiger partial charge on any atom is 0.277 e. The number of rotatable bonds is 7. The van der Waals surface area contributed by atoms with Gasteiger partial charge < -0.3 is 13.7 Å². The van der Waals surface area contributed by atoms with Crippen molar-refractivity contribution in [2.75, 3.05) is 7.11 Å². The van der Waals surface area contributed by atoms with E-state index in [-0.39, 0.29) is 0 Å². The molecule has 8 nitrogen and oxygen atoms in total. The summed E-state index contributed by atoms with van der Waals surface area (Å²) in [4.78, 5) is 8.39. The van der Waals surface area contributed by atoms with Crippen LogP contribution in [0.3, 0.4) is 0 Å². The highest BCUT2D eigenvalue weighted by atomic mass is 32.2. The minimum absolute atomic E-state index is 0.433. The molecule has 150 valence electrons. The van der Waals surface area contributed by atoms with E-state index in [1.165, 1.54) is 11.8 Å². The van der Waals surface area contributed by atoms with Crippen molar-refractivity contribution < 1.29 is 13.7 Å². The molecule has 9 heteroatoms. The first kappa shape index (κ1) is 20.7. The van der Waals surface area contributed by atoms with Crippen molar-refractivity contribution in [1.29, 1.82) is 0 Å². The summed E-state index contributed by atoms with van der Waals surface area (Å²) >= 11 is 1.34. The molecule has 1 aromatic carbocycles. The van der Waals surface area contributed by atoms with Gasteiger partial charge in [0.05, 0.1) is 12.4 Å². The molecule has 4 aromatic rings. The van der Waals surface area contributed by atoms with Crippen LogP contribution in [0.1, 0.15) is 25.3 Å².